The van der Waals surface area contributed by atoms with Crippen molar-refractivity contribution in [1.82, 2.24) is 19.2 Å². The van der Waals surface area contributed by atoms with E-state index >= 15 is 0 Å². The Labute approximate surface area is 151 Å². The molecule has 2 heterocycles. The third kappa shape index (κ3) is 2.46. The number of benzene rings is 3. The lowest BCUT2D eigenvalue weighted by Gasteiger charge is -2.16. The van der Waals surface area contributed by atoms with Crippen LogP contribution >= 0.6 is 0 Å². The number of fused-ring (bicyclic) bond motifs is 2. The van der Waals surface area contributed by atoms with Gasteiger partial charge in [0.1, 0.15) is 6.33 Å². The van der Waals surface area contributed by atoms with E-state index < -0.39 is 11.7 Å². The van der Waals surface area contributed by atoms with Crippen LogP contribution in [-0.4, -0.2) is 19.2 Å². The highest BCUT2D eigenvalue weighted by Gasteiger charge is 2.30. The summed E-state index contributed by atoms with van der Waals surface area (Å²) in [6.45, 7) is 0.393. The van der Waals surface area contributed by atoms with Gasteiger partial charge in [-0.25, -0.2) is 0 Å². The van der Waals surface area contributed by atoms with E-state index in [9.17, 15) is 13.2 Å². The van der Waals surface area contributed by atoms with Gasteiger partial charge in [-0.15, -0.1) is 10.2 Å². The zero-order valence-corrected chi connectivity index (χ0v) is 14.0. The highest BCUT2D eigenvalue weighted by molar-refractivity contribution is 6.08. The normalized spacial score (nSPS) is 12.4. The summed E-state index contributed by atoms with van der Waals surface area (Å²) in [5.74, 6) is 0.640. The summed E-state index contributed by atoms with van der Waals surface area (Å²) < 4.78 is 42.3. The minimum Gasteiger partial charge on any atom is -0.305 e. The fourth-order valence-electron chi connectivity index (χ4n) is 3.56. The summed E-state index contributed by atoms with van der Waals surface area (Å²) in [5.41, 5.74) is 2.06. The number of hydrogen-bond donors (Lipinski definition) is 0. The third-order valence-corrected chi connectivity index (χ3v) is 4.80. The molecular weight excluding hydrogens is 353 g/mol. The first-order chi connectivity index (χ1) is 13.0. The average Bonchev–Trinajstić information content (AvgIpc) is 3.15. The van der Waals surface area contributed by atoms with Crippen LogP contribution in [0.4, 0.5) is 13.2 Å². The summed E-state index contributed by atoms with van der Waals surface area (Å²) in [6.07, 6.45) is -2.69. The Bertz CT molecular complexity index is 1270. The number of halogens is 3. The largest absolute Gasteiger partial charge is 0.416 e. The molecule has 2 aromatic heterocycles. The SMILES string of the molecule is FC(F)(F)c1ccc(Cn2c3cccc4cccc(c43)n3cnnc23)cc1. The van der Waals surface area contributed by atoms with Crippen LogP contribution in [0.5, 0.6) is 0 Å². The first-order valence-electron chi connectivity index (χ1n) is 8.38. The zero-order chi connectivity index (χ0) is 18.6. The summed E-state index contributed by atoms with van der Waals surface area (Å²) in [7, 11) is 0. The summed E-state index contributed by atoms with van der Waals surface area (Å²) >= 11 is 0. The number of nitrogens with zero attached hydrogens (tertiary/aromatic N) is 4. The van der Waals surface area contributed by atoms with E-state index in [2.05, 4.69) is 10.2 Å². The van der Waals surface area contributed by atoms with Crippen LogP contribution in [0.3, 0.4) is 0 Å². The molecule has 7 heteroatoms. The van der Waals surface area contributed by atoms with E-state index in [-0.39, 0.29) is 0 Å². The fraction of sp³-hybridized carbons (Fsp3) is 0.100. The highest BCUT2D eigenvalue weighted by Crippen LogP contribution is 2.31. The first kappa shape index (κ1) is 15.9. The Hall–Kier alpha value is -3.35. The molecule has 0 N–H and O–H groups in total. The molecule has 0 aliphatic carbocycles. The monoisotopic (exact) mass is 366 g/mol. The van der Waals surface area contributed by atoms with Gasteiger partial charge >= 0.3 is 6.18 Å². The van der Waals surface area contributed by atoms with Gasteiger partial charge in [0.25, 0.3) is 0 Å². The van der Waals surface area contributed by atoms with Crippen LogP contribution in [0.25, 0.3) is 27.6 Å². The molecule has 134 valence electrons. The van der Waals surface area contributed by atoms with E-state index in [4.69, 9.17) is 0 Å². The van der Waals surface area contributed by atoms with E-state index in [0.29, 0.717) is 12.3 Å². The van der Waals surface area contributed by atoms with Gasteiger partial charge in [-0.2, -0.15) is 13.2 Å². The van der Waals surface area contributed by atoms with Crippen molar-refractivity contribution >= 4 is 27.6 Å². The van der Waals surface area contributed by atoms with Crippen LogP contribution in [0, 0.1) is 0 Å². The van der Waals surface area contributed by atoms with Crippen LogP contribution in [0.15, 0.2) is 67.0 Å². The van der Waals surface area contributed by atoms with Gasteiger partial charge in [-0.3, -0.25) is 4.40 Å². The van der Waals surface area contributed by atoms with Gasteiger partial charge in [0.15, 0.2) is 0 Å². The lowest BCUT2D eigenvalue weighted by molar-refractivity contribution is -0.137. The van der Waals surface area contributed by atoms with Gasteiger partial charge in [0.2, 0.25) is 5.78 Å². The van der Waals surface area contributed by atoms with Crippen LogP contribution in [0.2, 0.25) is 0 Å². The Morgan fingerprint density at radius 1 is 0.852 bits per heavy atom. The van der Waals surface area contributed by atoms with Gasteiger partial charge in [-0.05, 0) is 35.2 Å². The van der Waals surface area contributed by atoms with Crippen molar-refractivity contribution in [1.29, 1.82) is 0 Å². The molecule has 5 aromatic rings. The molecule has 5 rings (SSSR count). The molecule has 0 fully saturated rings. The minimum absolute atomic E-state index is 0.393. The molecule has 4 nitrogen and oxygen atoms in total. The Kier molecular flexibility index (Phi) is 3.28. The second-order valence-electron chi connectivity index (χ2n) is 6.43. The molecule has 0 atom stereocenters. The molecule has 0 aliphatic rings. The minimum atomic E-state index is -4.34. The topological polar surface area (TPSA) is 35.1 Å². The molecule has 0 saturated heterocycles. The van der Waals surface area contributed by atoms with Crippen molar-refractivity contribution in [3.8, 4) is 0 Å². The number of hydrogen-bond acceptors (Lipinski definition) is 2. The molecule has 0 bridgehead atoms. The quantitative estimate of drug-likeness (QED) is 0.445. The fourth-order valence-corrected chi connectivity index (χ4v) is 3.56. The molecular formula is C20H13F3N4. The molecule has 0 radical (unpaired) electrons. The maximum Gasteiger partial charge on any atom is 0.416 e. The van der Waals surface area contributed by atoms with Crippen molar-refractivity contribution in [3.63, 3.8) is 0 Å². The van der Waals surface area contributed by atoms with Crippen molar-refractivity contribution < 1.29 is 13.2 Å². The van der Waals surface area contributed by atoms with Crippen molar-refractivity contribution in [2.24, 2.45) is 0 Å². The van der Waals surface area contributed by atoms with Gasteiger partial charge in [-0.1, -0.05) is 36.4 Å². The predicted octanol–water partition coefficient (Wildman–Crippen LogP) is 4.90. The lowest BCUT2D eigenvalue weighted by atomic mass is 10.1. The van der Waals surface area contributed by atoms with E-state index in [0.717, 1.165) is 39.5 Å². The van der Waals surface area contributed by atoms with Crippen LogP contribution in [-0.2, 0) is 12.7 Å². The summed E-state index contributed by atoms with van der Waals surface area (Å²) in [6, 6.07) is 17.2. The predicted molar refractivity (Wildman–Crippen MR) is 96.5 cm³/mol. The molecule has 27 heavy (non-hydrogen) atoms. The molecule has 0 amide bonds. The maximum atomic E-state index is 12.8. The van der Waals surface area contributed by atoms with Crippen molar-refractivity contribution in [3.05, 3.63) is 78.1 Å². The van der Waals surface area contributed by atoms with E-state index in [1.807, 2.05) is 45.4 Å². The third-order valence-electron chi connectivity index (χ3n) is 4.80. The highest BCUT2D eigenvalue weighted by atomic mass is 19.4. The molecule has 0 spiro atoms. The van der Waals surface area contributed by atoms with E-state index in [1.54, 1.807) is 6.33 Å². The van der Waals surface area contributed by atoms with Crippen molar-refractivity contribution in [2.45, 2.75) is 12.7 Å². The standard InChI is InChI=1S/C20H13F3N4/c21-20(22,23)15-9-7-13(8-10-15)11-26-16-5-1-3-14-4-2-6-17(18(14)16)27-12-24-25-19(26)27/h1-10,12H,11H2. The van der Waals surface area contributed by atoms with Gasteiger partial charge < -0.3 is 4.57 Å². The lowest BCUT2D eigenvalue weighted by Crippen LogP contribution is -2.09. The first-order valence-corrected chi connectivity index (χ1v) is 8.38. The molecule has 0 aliphatic heterocycles. The Balaban J connectivity index is 1.73. The Morgan fingerprint density at radius 3 is 2.26 bits per heavy atom. The summed E-state index contributed by atoms with van der Waals surface area (Å²) in [5, 5.41) is 10.4. The molecule has 3 aromatic carbocycles. The molecule has 0 unspecified atom stereocenters. The second-order valence-corrected chi connectivity index (χ2v) is 6.43. The Morgan fingerprint density at radius 2 is 1.56 bits per heavy atom. The van der Waals surface area contributed by atoms with Gasteiger partial charge in [0, 0.05) is 5.39 Å². The van der Waals surface area contributed by atoms with E-state index in [1.165, 1.54) is 12.1 Å². The maximum absolute atomic E-state index is 12.8. The number of rotatable bonds is 2. The van der Waals surface area contributed by atoms with Crippen LogP contribution in [0.1, 0.15) is 11.1 Å². The zero-order valence-electron chi connectivity index (χ0n) is 14.0. The average molecular weight is 366 g/mol. The number of aromatic nitrogens is 4. The second kappa shape index (κ2) is 5.57. The number of alkyl halides is 3. The summed E-state index contributed by atoms with van der Waals surface area (Å²) in [4.78, 5) is 0. The van der Waals surface area contributed by atoms with Crippen molar-refractivity contribution in [2.75, 3.05) is 0 Å². The van der Waals surface area contributed by atoms with Gasteiger partial charge in [0.05, 0.1) is 23.1 Å². The van der Waals surface area contributed by atoms with Crippen LogP contribution < -0.4 is 0 Å². The molecule has 0 saturated carbocycles. The smallest absolute Gasteiger partial charge is 0.305 e.